The van der Waals surface area contributed by atoms with Crippen molar-refractivity contribution >= 4 is 17.7 Å². The third-order valence-corrected chi connectivity index (χ3v) is 3.99. The van der Waals surface area contributed by atoms with Gasteiger partial charge >= 0.3 is 0 Å². The first-order valence-corrected chi connectivity index (χ1v) is 9.96. The molecule has 0 spiro atoms. The summed E-state index contributed by atoms with van der Waals surface area (Å²) in [4.78, 5) is 4.42. The Bertz CT molecular complexity index is 443. The fourth-order valence-electron chi connectivity index (χ4n) is 2.06. The number of nitrogens with one attached hydrogen (secondary N) is 2. The minimum atomic E-state index is -0.597. The van der Waals surface area contributed by atoms with E-state index in [9.17, 15) is 5.11 Å². The first-order valence-electron chi connectivity index (χ1n) is 8.57. The summed E-state index contributed by atoms with van der Waals surface area (Å²) >= 11 is 1.87. The number of unbranched alkanes of at least 4 members (excludes halogenated alkanes) is 1. The van der Waals surface area contributed by atoms with Crippen molar-refractivity contribution < 1.29 is 9.84 Å². The number of ether oxygens (including phenoxy) is 1. The molecule has 0 heterocycles. The fourth-order valence-corrected chi connectivity index (χ4v) is 2.55. The van der Waals surface area contributed by atoms with Gasteiger partial charge in [-0.05, 0) is 37.3 Å². The van der Waals surface area contributed by atoms with Crippen LogP contribution in [0.5, 0.6) is 0 Å². The molecule has 1 aromatic rings. The van der Waals surface area contributed by atoms with Crippen LogP contribution in [0.4, 0.5) is 0 Å². The number of guanidine groups is 1. The van der Waals surface area contributed by atoms with Crippen molar-refractivity contribution in [3.63, 3.8) is 0 Å². The summed E-state index contributed by atoms with van der Waals surface area (Å²) in [6, 6.07) is 9.95. The fraction of sp³-hybridized carbons (Fsp3) is 0.611. The van der Waals surface area contributed by atoms with Gasteiger partial charge in [-0.25, -0.2) is 0 Å². The van der Waals surface area contributed by atoms with Crippen LogP contribution in [0.1, 0.15) is 25.3 Å². The van der Waals surface area contributed by atoms with E-state index in [0.717, 1.165) is 31.0 Å². The predicted octanol–water partition coefficient (Wildman–Crippen LogP) is 2.26. The molecule has 0 bridgehead atoms. The van der Waals surface area contributed by atoms with Gasteiger partial charge in [-0.2, -0.15) is 11.8 Å². The summed E-state index contributed by atoms with van der Waals surface area (Å²) in [6.07, 6.45) is 3.85. The van der Waals surface area contributed by atoms with Crippen LogP contribution in [0.25, 0.3) is 0 Å². The molecule has 0 amide bonds. The first-order chi connectivity index (χ1) is 11.8. The van der Waals surface area contributed by atoms with E-state index in [2.05, 4.69) is 21.9 Å². The number of rotatable bonds is 12. The van der Waals surface area contributed by atoms with Crippen molar-refractivity contribution in [2.45, 2.75) is 32.5 Å². The topological polar surface area (TPSA) is 65.9 Å². The van der Waals surface area contributed by atoms with Gasteiger partial charge < -0.3 is 20.5 Å². The summed E-state index contributed by atoms with van der Waals surface area (Å²) in [5.74, 6) is 1.94. The molecule has 136 valence electrons. The molecule has 0 fully saturated rings. The molecule has 0 aromatic heterocycles. The highest BCUT2D eigenvalue weighted by molar-refractivity contribution is 7.98. The van der Waals surface area contributed by atoms with E-state index in [1.165, 1.54) is 12.2 Å². The van der Waals surface area contributed by atoms with Gasteiger partial charge in [-0.3, -0.25) is 4.99 Å². The van der Waals surface area contributed by atoms with Crippen molar-refractivity contribution in [3.05, 3.63) is 35.9 Å². The Morgan fingerprint density at radius 3 is 2.75 bits per heavy atom. The highest BCUT2D eigenvalue weighted by Crippen LogP contribution is 2.01. The summed E-state index contributed by atoms with van der Waals surface area (Å²) in [5.41, 5.74) is 1.11. The molecule has 3 N–H and O–H groups in total. The Morgan fingerprint density at radius 2 is 2.04 bits per heavy atom. The number of hydrogen-bond acceptors (Lipinski definition) is 4. The number of aliphatic imine (C=N–C) groups is 1. The highest BCUT2D eigenvalue weighted by Gasteiger charge is 2.05. The van der Waals surface area contributed by atoms with E-state index in [0.29, 0.717) is 13.2 Å². The Hall–Kier alpha value is -1.24. The molecule has 1 atom stereocenters. The summed E-state index contributed by atoms with van der Waals surface area (Å²) in [6.45, 7) is 4.85. The van der Waals surface area contributed by atoms with Gasteiger partial charge in [0.15, 0.2) is 5.96 Å². The first kappa shape index (κ1) is 20.8. The molecule has 24 heavy (non-hydrogen) atoms. The van der Waals surface area contributed by atoms with E-state index < -0.39 is 6.10 Å². The normalized spacial score (nSPS) is 12.9. The lowest BCUT2D eigenvalue weighted by atomic mass is 10.2. The third kappa shape index (κ3) is 10.5. The average molecular weight is 354 g/mol. The largest absolute Gasteiger partial charge is 0.389 e. The Labute approximate surface area is 150 Å². The van der Waals surface area contributed by atoms with E-state index in [1.54, 1.807) is 0 Å². The maximum absolute atomic E-state index is 10.00. The van der Waals surface area contributed by atoms with Crippen molar-refractivity contribution in [1.29, 1.82) is 0 Å². The van der Waals surface area contributed by atoms with Gasteiger partial charge in [0.1, 0.15) is 0 Å². The monoisotopic (exact) mass is 353 g/mol. The molecule has 1 rings (SSSR count). The number of benzene rings is 1. The van der Waals surface area contributed by atoms with Crippen LogP contribution in [0.2, 0.25) is 0 Å². The van der Waals surface area contributed by atoms with Crippen LogP contribution >= 0.6 is 11.8 Å². The van der Waals surface area contributed by atoms with E-state index in [1.807, 2.05) is 49.0 Å². The van der Waals surface area contributed by atoms with Crippen LogP contribution in [0.15, 0.2) is 35.3 Å². The van der Waals surface area contributed by atoms with Crippen molar-refractivity contribution in [3.8, 4) is 0 Å². The maximum atomic E-state index is 10.00. The predicted molar refractivity (Wildman–Crippen MR) is 104 cm³/mol. The molecule has 0 radical (unpaired) electrons. The highest BCUT2D eigenvalue weighted by atomic mass is 32.2. The number of nitrogens with zero attached hydrogens (tertiary/aromatic N) is 1. The molecule has 6 heteroatoms. The second-order valence-corrected chi connectivity index (χ2v) is 6.49. The molecule has 5 nitrogen and oxygen atoms in total. The molecular weight excluding hydrogens is 322 g/mol. The summed E-state index contributed by atoms with van der Waals surface area (Å²) in [7, 11) is 0. The molecule has 0 aliphatic carbocycles. The zero-order valence-electron chi connectivity index (χ0n) is 14.8. The van der Waals surface area contributed by atoms with Gasteiger partial charge in [0.25, 0.3) is 0 Å². The van der Waals surface area contributed by atoms with Crippen LogP contribution in [0.3, 0.4) is 0 Å². The lowest BCUT2D eigenvalue weighted by Crippen LogP contribution is -2.38. The second-order valence-electron chi connectivity index (χ2n) is 5.50. The smallest absolute Gasteiger partial charge is 0.191 e. The minimum absolute atomic E-state index is 0.283. The van der Waals surface area contributed by atoms with Crippen LogP contribution in [0, 0.1) is 0 Å². The van der Waals surface area contributed by atoms with Crippen LogP contribution < -0.4 is 10.6 Å². The zero-order valence-corrected chi connectivity index (χ0v) is 15.6. The van der Waals surface area contributed by atoms with Crippen molar-refractivity contribution in [2.24, 2.45) is 4.99 Å². The van der Waals surface area contributed by atoms with Gasteiger partial charge in [0.05, 0.1) is 25.9 Å². The summed E-state index contributed by atoms with van der Waals surface area (Å²) < 4.78 is 5.54. The lowest BCUT2D eigenvalue weighted by molar-refractivity contribution is 0.0331. The SMILES string of the molecule is CCNC(=NCC(O)COCc1ccccc1)NCCCCSC. The van der Waals surface area contributed by atoms with Gasteiger partial charge in [-0.15, -0.1) is 0 Å². The van der Waals surface area contributed by atoms with E-state index in [-0.39, 0.29) is 6.61 Å². The second kappa shape index (κ2) is 14.1. The van der Waals surface area contributed by atoms with Crippen molar-refractivity contribution in [1.82, 2.24) is 10.6 Å². The van der Waals surface area contributed by atoms with Gasteiger partial charge in [-0.1, -0.05) is 30.3 Å². The van der Waals surface area contributed by atoms with Crippen molar-refractivity contribution in [2.75, 3.05) is 38.2 Å². The van der Waals surface area contributed by atoms with Gasteiger partial charge in [0.2, 0.25) is 0 Å². The average Bonchev–Trinajstić information content (AvgIpc) is 2.60. The minimum Gasteiger partial charge on any atom is -0.389 e. The number of hydrogen-bond donors (Lipinski definition) is 3. The maximum Gasteiger partial charge on any atom is 0.191 e. The lowest BCUT2D eigenvalue weighted by Gasteiger charge is -2.13. The number of aliphatic hydroxyl groups is 1. The Kier molecular flexibility index (Phi) is 12.3. The molecule has 1 unspecified atom stereocenters. The molecular formula is C18H31N3O2S. The van der Waals surface area contributed by atoms with E-state index in [4.69, 9.17) is 4.74 Å². The molecule has 1 aromatic carbocycles. The van der Waals surface area contributed by atoms with Crippen LogP contribution in [-0.2, 0) is 11.3 Å². The van der Waals surface area contributed by atoms with Crippen LogP contribution in [-0.4, -0.2) is 55.4 Å². The molecule has 0 saturated heterocycles. The molecule has 0 aliphatic rings. The number of thioether (sulfide) groups is 1. The van der Waals surface area contributed by atoms with Gasteiger partial charge in [0, 0.05) is 13.1 Å². The van der Waals surface area contributed by atoms with E-state index >= 15 is 0 Å². The number of aliphatic hydroxyl groups excluding tert-OH is 1. The standard InChI is InChI=1S/C18H31N3O2S/c1-3-19-18(20-11-7-8-12-24-2)21-13-17(22)15-23-14-16-9-5-4-6-10-16/h4-6,9-10,17,22H,3,7-8,11-15H2,1-2H3,(H2,19,20,21). The third-order valence-electron chi connectivity index (χ3n) is 3.29. The Balaban J connectivity index is 2.22. The quantitative estimate of drug-likeness (QED) is 0.306. The molecule has 0 saturated carbocycles. The zero-order chi connectivity index (χ0) is 17.5. The Morgan fingerprint density at radius 1 is 1.25 bits per heavy atom. The molecule has 0 aliphatic heterocycles. The summed E-state index contributed by atoms with van der Waals surface area (Å²) in [5, 5.41) is 16.5.